The Bertz CT molecular complexity index is 441. The van der Waals surface area contributed by atoms with Gasteiger partial charge >= 0.3 is 0 Å². The van der Waals surface area contributed by atoms with Gasteiger partial charge in [0.25, 0.3) is 0 Å². The largest absolute Gasteiger partial charge is 0.348 e. The molecule has 5 rings (SSSR count). The molecule has 0 unspecified atom stereocenters. The van der Waals surface area contributed by atoms with Crippen LogP contribution in [0.5, 0.6) is 0 Å². The zero-order valence-corrected chi connectivity index (χ0v) is 13.5. The quantitative estimate of drug-likeness (QED) is 0.892. The summed E-state index contributed by atoms with van der Waals surface area (Å²) in [7, 11) is 0. The van der Waals surface area contributed by atoms with E-state index in [1.807, 2.05) is 12.4 Å². The number of hydrogen-bond acceptors (Lipinski definition) is 2. The maximum atomic E-state index is 4.44. The molecular formula is C18H29N3. The lowest BCUT2D eigenvalue weighted by Crippen LogP contribution is -2.52. The summed E-state index contributed by atoms with van der Waals surface area (Å²) in [4.78, 5) is 10.4. The Kier molecular flexibility index (Phi) is 3.36. The van der Waals surface area contributed by atoms with Crippen molar-refractivity contribution in [3.63, 3.8) is 0 Å². The molecule has 1 aromatic rings. The summed E-state index contributed by atoms with van der Waals surface area (Å²) in [5, 5.41) is 0. The normalized spacial score (nSPS) is 37.8. The summed E-state index contributed by atoms with van der Waals surface area (Å²) in [6.45, 7) is 6.94. The molecule has 3 heteroatoms. The first-order valence-corrected chi connectivity index (χ1v) is 8.84. The molecule has 1 heterocycles. The zero-order chi connectivity index (χ0) is 14.4. The average Bonchev–Trinajstić information content (AvgIpc) is 2.88. The van der Waals surface area contributed by atoms with Gasteiger partial charge in [0.2, 0.25) is 0 Å². The molecule has 21 heavy (non-hydrogen) atoms. The second-order valence-electron chi connectivity index (χ2n) is 8.45. The number of hydrogen-bond donors (Lipinski definition) is 1. The minimum atomic E-state index is 0.600. The van der Waals surface area contributed by atoms with Crippen molar-refractivity contribution in [1.29, 1.82) is 0 Å². The maximum absolute atomic E-state index is 4.44. The van der Waals surface area contributed by atoms with Gasteiger partial charge in [-0.3, -0.25) is 4.90 Å². The molecule has 0 radical (unpaired) electrons. The lowest BCUT2D eigenvalue weighted by atomic mass is 9.49. The van der Waals surface area contributed by atoms with Crippen molar-refractivity contribution in [2.45, 2.75) is 65.0 Å². The molecular weight excluding hydrogens is 258 g/mol. The lowest BCUT2D eigenvalue weighted by Gasteiger charge is -2.58. The van der Waals surface area contributed by atoms with Crippen LogP contribution in [0, 0.1) is 23.2 Å². The van der Waals surface area contributed by atoms with Crippen LogP contribution in [-0.2, 0) is 6.54 Å². The van der Waals surface area contributed by atoms with Crippen molar-refractivity contribution >= 4 is 0 Å². The highest BCUT2D eigenvalue weighted by Gasteiger charge is 2.51. The fraction of sp³-hybridized carbons (Fsp3) is 0.833. The third kappa shape index (κ3) is 2.65. The Morgan fingerprint density at radius 3 is 2.29 bits per heavy atom. The Balaban J connectivity index is 1.50. The molecule has 4 aliphatic rings. The smallest absolute Gasteiger partial charge is 0.120 e. The van der Waals surface area contributed by atoms with Gasteiger partial charge in [-0.15, -0.1) is 0 Å². The van der Waals surface area contributed by atoms with Gasteiger partial charge in [-0.05, 0) is 75.5 Å². The van der Waals surface area contributed by atoms with Gasteiger partial charge in [-0.25, -0.2) is 4.98 Å². The average molecular weight is 287 g/mol. The summed E-state index contributed by atoms with van der Waals surface area (Å²) in [6, 6.07) is 0.600. The topological polar surface area (TPSA) is 31.9 Å². The van der Waals surface area contributed by atoms with Crippen LogP contribution < -0.4 is 0 Å². The third-order valence-corrected chi connectivity index (χ3v) is 6.34. The van der Waals surface area contributed by atoms with E-state index in [0.717, 1.165) is 30.1 Å². The van der Waals surface area contributed by atoms with Gasteiger partial charge in [0.15, 0.2) is 0 Å². The van der Waals surface area contributed by atoms with Crippen molar-refractivity contribution in [2.75, 3.05) is 6.54 Å². The fourth-order valence-electron chi connectivity index (χ4n) is 5.91. The molecule has 0 atom stereocenters. The first-order chi connectivity index (χ1) is 10.1. The first-order valence-electron chi connectivity index (χ1n) is 8.84. The van der Waals surface area contributed by atoms with E-state index in [4.69, 9.17) is 0 Å². The standard InChI is InChI=1S/C18H29N3/c1-13(2)21(11-17-19-3-4-20-17)12-18-8-14-5-15(9-18)7-16(6-14)10-18/h3-4,13-16H,5-12H2,1-2H3,(H,19,20). The Morgan fingerprint density at radius 1 is 1.19 bits per heavy atom. The molecule has 4 saturated carbocycles. The van der Waals surface area contributed by atoms with Crippen LogP contribution in [0.25, 0.3) is 0 Å². The Labute approximate surface area is 128 Å². The van der Waals surface area contributed by atoms with Crippen molar-refractivity contribution in [3.8, 4) is 0 Å². The SMILES string of the molecule is CC(C)N(Cc1ncc[nH]1)CC12CC3CC(CC(C3)C1)C2. The molecule has 1 N–H and O–H groups in total. The van der Waals surface area contributed by atoms with Gasteiger partial charge in [0.05, 0.1) is 6.54 Å². The van der Waals surface area contributed by atoms with Crippen LogP contribution in [0.3, 0.4) is 0 Å². The van der Waals surface area contributed by atoms with E-state index < -0.39 is 0 Å². The van der Waals surface area contributed by atoms with E-state index >= 15 is 0 Å². The summed E-state index contributed by atoms with van der Waals surface area (Å²) < 4.78 is 0. The van der Waals surface area contributed by atoms with E-state index in [1.54, 1.807) is 0 Å². The second kappa shape index (κ2) is 5.12. The number of rotatable bonds is 5. The number of nitrogens with one attached hydrogen (secondary N) is 1. The molecule has 116 valence electrons. The van der Waals surface area contributed by atoms with Crippen molar-refractivity contribution < 1.29 is 0 Å². The predicted octanol–water partition coefficient (Wildman–Crippen LogP) is 3.84. The minimum Gasteiger partial charge on any atom is -0.348 e. The molecule has 0 aromatic carbocycles. The Hall–Kier alpha value is -0.830. The van der Waals surface area contributed by atoms with Crippen LogP contribution in [-0.4, -0.2) is 27.5 Å². The summed E-state index contributed by atoms with van der Waals surface area (Å²) in [6.07, 6.45) is 12.9. The maximum Gasteiger partial charge on any atom is 0.120 e. The first kappa shape index (κ1) is 13.8. The van der Waals surface area contributed by atoms with Crippen LogP contribution >= 0.6 is 0 Å². The minimum absolute atomic E-state index is 0.600. The number of nitrogens with zero attached hydrogens (tertiary/aromatic N) is 2. The monoisotopic (exact) mass is 287 g/mol. The molecule has 0 saturated heterocycles. The predicted molar refractivity (Wildman–Crippen MR) is 84.7 cm³/mol. The molecule has 1 aromatic heterocycles. The highest BCUT2D eigenvalue weighted by Crippen LogP contribution is 2.60. The van der Waals surface area contributed by atoms with E-state index in [-0.39, 0.29) is 0 Å². The van der Waals surface area contributed by atoms with E-state index in [0.29, 0.717) is 11.5 Å². The molecule has 4 bridgehead atoms. The number of aromatic amines is 1. The van der Waals surface area contributed by atoms with Crippen LogP contribution in [0.4, 0.5) is 0 Å². The van der Waals surface area contributed by atoms with E-state index in [9.17, 15) is 0 Å². The van der Waals surface area contributed by atoms with Crippen molar-refractivity contribution in [2.24, 2.45) is 23.2 Å². The van der Waals surface area contributed by atoms with Gasteiger partial charge in [0.1, 0.15) is 5.82 Å². The van der Waals surface area contributed by atoms with Crippen LogP contribution in [0.1, 0.15) is 58.2 Å². The molecule has 4 fully saturated rings. The highest BCUT2D eigenvalue weighted by atomic mass is 15.2. The van der Waals surface area contributed by atoms with Crippen LogP contribution in [0.15, 0.2) is 12.4 Å². The van der Waals surface area contributed by atoms with Crippen molar-refractivity contribution in [3.05, 3.63) is 18.2 Å². The summed E-state index contributed by atoms with van der Waals surface area (Å²) in [5.74, 6) is 4.27. The molecule has 3 nitrogen and oxygen atoms in total. The van der Waals surface area contributed by atoms with Crippen molar-refractivity contribution in [1.82, 2.24) is 14.9 Å². The third-order valence-electron chi connectivity index (χ3n) is 6.34. The van der Waals surface area contributed by atoms with Gasteiger partial charge in [-0.2, -0.15) is 0 Å². The molecule has 4 aliphatic carbocycles. The summed E-state index contributed by atoms with van der Waals surface area (Å²) >= 11 is 0. The van der Waals surface area contributed by atoms with E-state index in [2.05, 4.69) is 28.7 Å². The van der Waals surface area contributed by atoms with Gasteiger partial charge < -0.3 is 4.98 Å². The highest BCUT2D eigenvalue weighted by molar-refractivity contribution is 5.03. The van der Waals surface area contributed by atoms with Gasteiger partial charge in [-0.1, -0.05) is 0 Å². The lowest BCUT2D eigenvalue weighted by molar-refractivity contribution is -0.0744. The van der Waals surface area contributed by atoms with Crippen LogP contribution in [0.2, 0.25) is 0 Å². The van der Waals surface area contributed by atoms with E-state index in [1.165, 1.54) is 45.1 Å². The summed E-state index contributed by atoms with van der Waals surface area (Å²) in [5.41, 5.74) is 0.631. The Morgan fingerprint density at radius 2 is 1.81 bits per heavy atom. The zero-order valence-electron chi connectivity index (χ0n) is 13.5. The number of imidazole rings is 1. The molecule has 0 amide bonds. The second-order valence-corrected chi connectivity index (χ2v) is 8.45. The number of aromatic nitrogens is 2. The molecule has 0 aliphatic heterocycles. The van der Waals surface area contributed by atoms with Gasteiger partial charge in [0, 0.05) is 25.0 Å². The number of H-pyrrole nitrogens is 1. The fourth-order valence-corrected chi connectivity index (χ4v) is 5.91. The molecule has 0 spiro atoms.